The zero-order valence-corrected chi connectivity index (χ0v) is 35.9. The number of nitrogens with zero attached hydrogens (tertiary/aromatic N) is 2. The lowest BCUT2D eigenvalue weighted by Crippen LogP contribution is -2.25. The molecule has 0 aliphatic heterocycles. The number of hydrogen-bond acceptors (Lipinski definition) is 2. The zero-order valence-electron chi connectivity index (χ0n) is 35.1. The van der Waals surface area contributed by atoms with Crippen molar-refractivity contribution in [1.82, 2.24) is 9.55 Å². The summed E-state index contributed by atoms with van der Waals surface area (Å²) >= 11 is 1.88. The molecule has 0 saturated carbocycles. The van der Waals surface area contributed by atoms with Crippen molar-refractivity contribution in [2.24, 2.45) is 0 Å². The SMILES string of the molecule is c1ccc2c(c1)-c1ccccc1C21c2ccccc2-c2cc3c(-c4cc(-c5cccc6c5sc5ccccc56)cc(-n5c6ccccc6c6ccccc65)c4)nc4ccccc4c3cc21. The third kappa shape index (κ3) is 4.65. The molecule has 0 bridgehead atoms. The summed E-state index contributed by atoms with van der Waals surface area (Å²) in [6.07, 6.45) is 0. The van der Waals surface area contributed by atoms with Gasteiger partial charge in [-0.15, -0.1) is 11.3 Å². The van der Waals surface area contributed by atoms with Gasteiger partial charge in [-0.3, -0.25) is 0 Å². The van der Waals surface area contributed by atoms with Crippen molar-refractivity contribution >= 4 is 75.0 Å². The number of thiophene rings is 1. The summed E-state index contributed by atoms with van der Waals surface area (Å²) in [4.78, 5) is 5.69. The van der Waals surface area contributed by atoms with Crippen LogP contribution in [0.15, 0.2) is 218 Å². The van der Waals surface area contributed by atoms with E-state index in [-0.39, 0.29) is 0 Å². The van der Waals surface area contributed by atoms with Gasteiger partial charge in [-0.25, -0.2) is 4.98 Å². The van der Waals surface area contributed by atoms with Crippen LogP contribution in [-0.2, 0) is 5.41 Å². The molecule has 10 aromatic carbocycles. The van der Waals surface area contributed by atoms with Crippen LogP contribution in [0, 0.1) is 0 Å². The Hall–Kier alpha value is -8.11. The smallest absolute Gasteiger partial charge is 0.0789 e. The number of para-hydroxylation sites is 3. The van der Waals surface area contributed by atoms with Crippen LogP contribution in [0.5, 0.6) is 0 Å². The third-order valence-electron chi connectivity index (χ3n) is 14.6. The van der Waals surface area contributed by atoms with Gasteiger partial charge < -0.3 is 4.57 Å². The van der Waals surface area contributed by atoms with Crippen LogP contribution in [-0.4, -0.2) is 9.55 Å². The van der Waals surface area contributed by atoms with Crippen molar-refractivity contribution in [3.63, 3.8) is 0 Å². The molecule has 2 aliphatic rings. The molecule has 2 aliphatic carbocycles. The standard InChI is InChI=1S/C62H36N2S/c1-8-25-52-41(16-1)42-17-2-9-26-53(42)62(52)54-27-10-3-18-43(54)50-35-51-49(36-55(50)62)44-19-4-11-28-56(44)63-60(51)38-32-37(40-23-15-24-48-47-22-7-14-31-59(47)65-61(40)48)33-39(34-38)64-57-29-12-5-20-45(57)46-21-6-13-30-58(46)64/h1-36H. The second kappa shape index (κ2) is 13.0. The zero-order chi connectivity index (χ0) is 42.4. The Labute approximate surface area is 378 Å². The lowest BCUT2D eigenvalue weighted by atomic mass is 9.70. The fourth-order valence-electron chi connectivity index (χ4n) is 12.0. The van der Waals surface area contributed by atoms with Crippen LogP contribution in [0.3, 0.4) is 0 Å². The van der Waals surface area contributed by atoms with E-state index < -0.39 is 5.41 Å². The first-order chi connectivity index (χ1) is 32.2. The van der Waals surface area contributed by atoms with Gasteiger partial charge >= 0.3 is 0 Å². The minimum Gasteiger partial charge on any atom is -0.309 e. The molecule has 0 saturated heterocycles. The molecule has 3 aromatic heterocycles. The Bertz CT molecular complexity index is 4100. The molecule has 3 heteroatoms. The number of benzene rings is 10. The molecule has 300 valence electrons. The summed E-state index contributed by atoms with van der Waals surface area (Å²) in [6.45, 7) is 0. The summed E-state index contributed by atoms with van der Waals surface area (Å²) < 4.78 is 5.06. The van der Waals surface area contributed by atoms with Gasteiger partial charge in [0.25, 0.3) is 0 Å². The quantitative estimate of drug-likeness (QED) is 0.162. The highest BCUT2D eigenvalue weighted by Gasteiger charge is 2.51. The number of rotatable bonds is 3. The molecule has 15 rings (SSSR count). The molecule has 3 heterocycles. The average molecular weight is 841 g/mol. The predicted octanol–water partition coefficient (Wildman–Crippen LogP) is 16.5. The monoisotopic (exact) mass is 840 g/mol. The van der Waals surface area contributed by atoms with Gasteiger partial charge in [-0.1, -0.05) is 164 Å². The first kappa shape index (κ1) is 35.4. The summed E-state index contributed by atoms with van der Waals surface area (Å²) in [5.74, 6) is 0. The van der Waals surface area contributed by atoms with E-state index in [1.165, 1.54) is 103 Å². The molecule has 0 radical (unpaired) electrons. The van der Waals surface area contributed by atoms with Crippen molar-refractivity contribution in [1.29, 1.82) is 0 Å². The Kier molecular flexibility index (Phi) is 7.06. The van der Waals surface area contributed by atoms with Crippen molar-refractivity contribution < 1.29 is 0 Å². The Morgan fingerprint density at radius 2 is 0.892 bits per heavy atom. The Morgan fingerprint density at radius 3 is 1.60 bits per heavy atom. The van der Waals surface area contributed by atoms with E-state index in [2.05, 4.69) is 223 Å². The summed E-state index contributed by atoms with van der Waals surface area (Å²) in [7, 11) is 0. The van der Waals surface area contributed by atoms with E-state index in [0.29, 0.717) is 0 Å². The predicted molar refractivity (Wildman–Crippen MR) is 274 cm³/mol. The van der Waals surface area contributed by atoms with Crippen molar-refractivity contribution in [2.45, 2.75) is 5.41 Å². The molecular weight excluding hydrogens is 805 g/mol. The van der Waals surface area contributed by atoms with E-state index in [9.17, 15) is 0 Å². The van der Waals surface area contributed by atoms with Gasteiger partial charge in [0.1, 0.15) is 0 Å². The maximum absolute atomic E-state index is 5.69. The van der Waals surface area contributed by atoms with Crippen LogP contribution in [0.25, 0.3) is 114 Å². The normalized spacial score (nSPS) is 13.4. The maximum Gasteiger partial charge on any atom is 0.0789 e. The highest BCUT2D eigenvalue weighted by Crippen LogP contribution is 2.63. The van der Waals surface area contributed by atoms with Crippen LogP contribution in [0.1, 0.15) is 22.3 Å². The maximum atomic E-state index is 5.69. The van der Waals surface area contributed by atoms with Crippen LogP contribution < -0.4 is 0 Å². The molecule has 0 amide bonds. The molecule has 1 spiro atoms. The first-order valence-electron chi connectivity index (χ1n) is 22.4. The topological polar surface area (TPSA) is 17.8 Å². The van der Waals surface area contributed by atoms with Crippen LogP contribution in [0.4, 0.5) is 0 Å². The van der Waals surface area contributed by atoms with Gasteiger partial charge in [0.05, 0.1) is 27.7 Å². The number of hydrogen-bond donors (Lipinski definition) is 0. The van der Waals surface area contributed by atoms with E-state index in [4.69, 9.17) is 4.98 Å². The average Bonchev–Trinajstić information content (AvgIpc) is 4.09. The second-order valence-corrected chi connectivity index (χ2v) is 18.8. The van der Waals surface area contributed by atoms with Crippen molar-refractivity contribution in [3.8, 4) is 50.3 Å². The van der Waals surface area contributed by atoms with Crippen LogP contribution >= 0.6 is 11.3 Å². The van der Waals surface area contributed by atoms with E-state index >= 15 is 0 Å². The molecule has 0 fully saturated rings. The third-order valence-corrected chi connectivity index (χ3v) is 15.8. The molecule has 0 unspecified atom stereocenters. The largest absolute Gasteiger partial charge is 0.309 e. The van der Waals surface area contributed by atoms with E-state index in [1.54, 1.807) is 0 Å². The van der Waals surface area contributed by atoms with Gasteiger partial charge in [-0.2, -0.15) is 0 Å². The Balaban J connectivity index is 1.07. The lowest BCUT2D eigenvalue weighted by molar-refractivity contribution is 0.795. The minimum atomic E-state index is -0.440. The fraction of sp³-hybridized carbons (Fsp3) is 0.0161. The highest BCUT2D eigenvalue weighted by molar-refractivity contribution is 7.26. The van der Waals surface area contributed by atoms with Crippen molar-refractivity contribution in [2.75, 3.05) is 0 Å². The molecule has 0 N–H and O–H groups in total. The molecule has 0 atom stereocenters. The lowest BCUT2D eigenvalue weighted by Gasteiger charge is -2.30. The van der Waals surface area contributed by atoms with Gasteiger partial charge in [-0.05, 0) is 116 Å². The van der Waals surface area contributed by atoms with Gasteiger partial charge in [0, 0.05) is 53.0 Å². The number of aromatic nitrogens is 2. The number of fused-ring (bicyclic) bond motifs is 19. The first-order valence-corrected chi connectivity index (χ1v) is 23.3. The second-order valence-electron chi connectivity index (χ2n) is 17.7. The molecule has 13 aromatic rings. The number of pyridine rings is 1. The Morgan fingerprint density at radius 1 is 0.354 bits per heavy atom. The van der Waals surface area contributed by atoms with Crippen LogP contribution in [0.2, 0.25) is 0 Å². The highest BCUT2D eigenvalue weighted by atomic mass is 32.1. The van der Waals surface area contributed by atoms with Crippen molar-refractivity contribution in [3.05, 3.63) is 241 Å². The molecule has 2 nitrogen and oxygen atoms in total. The fourth-order valence-corrected chi connectivity index (χ4v) is 13.2. The molecule has 65 heavy (non-hydrogen) atoms. The summed E-state index contributed by atoms with van der Waals surface area (Å²) in [5.41, 5.74) is 19.1. The summed E-state index contributed by atoms with van der Waals surface area (Å²) in [6, 6.07) is 81.4. The van der Waals surface area contributed by atoms with E-state index in [1.807, 2.05) is 11.3 Å². The molecular formula is C62H36N2S. The van der Waals surface area contributed by atoms with Gasteiger partial charge in [0.2, 0.25) is 0 Å². The summed E-state index contributed by atoms with van der Waals surface area (Å²) in [5, 5.41) is 8.61. The minimum absolute atomic E-state index is 0.440. The van der Waals surface area contributed by atoms with Gasteiger partial charge in [0.15, 0.2) is 0 Å². The van der Waals surface area contributed by atoms with E-state index in [0.717, 1.165) is 33.2 Å².